The summed E-state index contributed by atoms with van der Waals surface area (Å²) in [4.78, 5) is 35.8. The number of nitrogens with one attached hydrogen (secondary N) is 2. The maximum absolute atomic E-state index is 12.3. The van der Waals surface area contributed by atoms with E-state index >= 15 is 0 Å². The fourth-order valence-corrected chi connectivity index (χ4v) is 2.39. The Morgan fingerprint density at radius 1 is 1.41 bits per heavy atom. The van der Waals surface area contributed by atoms with Crippen molar-refractivity contribution in [2.24, 2.45) is 0 Å². The first-order chi connectivity index (χ1) is 10.5. The predicted octanol–water partition coefficient (Wildman–Crippen LogP) is 1.22. The van der Waals surface area contributed by atoms with E-state index in [1.54, 1.807) is 29.2 Å². The van der Waals surface area contributed by atoms with Gasteiger partial charge < -0.3 is 20.6 Å². The van der Waals surface area contributed by atoms with E-state index in [1.807, 2.05) is 0 Å². The van der Waals surface area contributed by atoms with Gasteiger partial charge in [-0.1, -0.05) is 17.7 Å². The Morgan fingerprint density at radius 2 is 2.18 bits per heavy atom. The fourth-order valence-electron chi connectivity index (χ4n) is 2.21. The molecule has 1 atom stereocenters. The van der Waals surface area contributed by atoms with Gasteiger partial charge in [-0.3, -0.25) is 9.59 Å². The van der Waals surface area contributed by atoms with Gasteiger partial charge in [0.05, 0.1) is 6.42 Å². The summed E-state index contributed by atoms with van der Waals surface area (Å²) in [6.07, 6.45) is 0.318. The lowest BCUT2D eigenvalue weighted by Gasteiger charge is -2.17. The Bertz CT molecular complexity index is 593. The van der Waals surface area contributed by atoms with Crippen molar-refractivity contribution in [1.82, 2.24) is 10.6 Å². The molecule has 3 N–H and O–H groups in total. The van der Waals surface area contributed by atoms with Gasteiger partial charge >= 0.3 is 12.0 Å². The number of amides is 3. The van der Waals surface area contributed by atoms with Crippen molar-refractivity contribution < 1.29 is 19.5 Å². The van der Waals surface area contributed by atoms with Crippen LogP contribution in [0.1, 0.15) is 12.8 Å². The molecule has 1 unspecified atom stereocenters. The number of hydrogen-bond donors (Lipinski definition) is 3. The standard InChI is InChI=1S/C14H16ClN3O4/c15-9-2-1-3-10(8-9)18-7-5-11(13(18)21)17-14(22)16-6-4-12(19)20/h1-3,8,11H,4-7H2,(H,19,20)(H2,16,17,22). The van der Waals surface area contributed by atoms with E-state index in [2.05, 4.69) is 10.6 Å². The van der Waals surface area contributed by atoms with Crippen LogP contribution in [0.4, 0.5) is 10.5 Å². The van der Waals surface area contributed by atoms with Gasteiger partial charge in [0.25, 0.3) is 0 Å². The molecule has 7 nitrogen and oxygen atoms in total. The molecule has 118 valence electrons. The van der Waals surface area contributed by atoms with E-state index in [9.17, 15) is 14.4 Å². The number of rotatable bonds is 5. The Hall–Kier alpha value is -2.28. The van der Waals surface area contributed by atoms with Gasteiger partial charge in [0.15, 0.2) is 0 Å². The zero-order valence-electron chi connectivity index (χ0n) is 11.7. The summed E-state index contributed by atoms with van der Waals surface area (Å²) >= 11 is 5.91. The minimum Gasteiger partial charge on any atom is -0.481 e. The lowest BCUT2D eigenvalue weighted by atomic mass is 10.2. The number of carbonyl (C=O) groups is 3. The lowest BCUT2D eigenvalue weighted by molar-refractivity contribution is -0.136. The van der Waals surface area contributed by atoms with Crippen LogP contribution in [0.3, 0.4) is 0 Å². The number of halogens is 1. The number of benzene rings is 1. The largest absolute Gasteiger partial charge is 0.481 e. The number of nitrogens with zero attached hydrogens (tertiary/aromatic N) is 1. The first-order valence-corrected chi connectivity index (χ1v) is 7.18. The molecule has 3 amide bonds. The number of hydrogen-bond acceptors (Lipinski definition) is 3. The number of urea groups is 1. The summed E-state index contributed by atoms with van der Waals surface area (Å²) in [5.41, 5.74) is 0.688. The van der Waals surface area contributed by atoms with Crippen LogP contribution < -0.4 is 15.5 Å². The molecule has 0 aliphatic carbocycles. The van der Waals surface area contributed by atoms with Crippen LogP contribution >= 0.6 is 11.6 Å². The van der Waals surface area contributed by atoms with Crippen LogP contribution in [0.2, 0.25) is 5.02 Å². The molecule has 0 spiro atoms. The maximum atomic E-state index is 12.3. The van der Waals surface area contributed by atoms with Gasteiger partial charge in [-0.25, -0.2) is 4.79 Å². The summed E-state index contributed by atoms with van der Waals surface area (Å²) in [6, 6.07) is 5.77. The molecule has 8 heteroatoms. The Kier molecular flexibility index (Phi) is 5.21. The average Bonchev–Trinajstić information content (AvgIpc) is 2.80. The maximum Gasteiger partial charge on any atom is 0.315 e. The van der Waals surface area contributed by atoms with E-state index in [0.29, 0.717) is 23.7 Å². The summed E-state index contributed by atoms with van der Waals surface area (Å²) in [5, 5.41) is 14.0. The quantitative estimate of drug-likeness (QED) is 0.758. The molecule has 1 aliphatic rings. The first kappa shape index (κ1) is 16.1. The van der Waals surface area contributed by atoms with Crippen molar-refractivity contribution in [2.45, 2.75) is 18.9 Å². The Morgan fingerprint density at radius 3 is 2.86 bits per heavy atom. The Balaban J connectivity index is 1.88. The molecule has 2 rings (SSSR count). The minimum absolute atomic E-state index is 0.0140. The molecular weight excluding hydrogens is 310 g/mol. The van der Waals surface area contributed by atoms with Gasteiger partial charge in [0, 0.05) is 23.8 Å². The molecule has 1 heterocycles. The van der Waals surface area contributed by atoms with Gasteiger partial charge in [-0.15, -0.1) is 0 Å². The number of anilines is 1. The molecule has 0 saturated carbocycles. The van der Waals surface area contributed by atoms with Crippen molar-refractivity contribution in [3.05, 3.63) is 29.3 Å². The predicted molar refractivity (Wildman–Crippen MR) is 81.0 cm³/mol. The zero-order valence-corrected chi connectivity index (χ0v) is 12.5. The van der Waals surface area contributed by atoms with E-state index in [-0.39, 0.29) is 18.9 Å². The summed E-state index contributed by atoms with van der Waals surface area (Å²) in [6.45, 7) is 0.499. The molecule has 1 aromatic carbocycles. The summed E-state index contributed by atoms with van der Waals surface area (Å²) in [7, 11) is 0. The van der Waals surface area contributed by atoms with E-state index in [0.717, 1.165) is 0 Å². The SMILES string of the molecule is O=C(O)CCNC(=O)NC1CCN(c2cccc(Cl)c2)C1=O. The van der Waals surface area contributed by atoms with Crippen molar-refractivity contribution in [1.29, 1.82) is 0 Å². The minimum atomic E-state index is -0.996. The van der Waals surface area contributed by atoms with Gasteiger partial charge in [-0.05, 0) is 24.6 Å². The van der Waals surface area contributed by atoms with Crippen molar-refractivity contribution in [2.75, 3.05) is 18.0 Å². The second kappa shape index (κ2) is 7.13. The van der Waals surface area contributed by atoms with Crippen molar-refractivity contribution in [3.63, 3.8) is 0 Å². The molecule has 22 heavy (non-hydrogen) atoms. The first-order valence-electron chi connectivity index (χ1n) is 6.80. The second-order valence-electron chi connectivity index (χ2n) is 4.85. The molecule has 0 bridgehead atoms. The summed E-state index contributed by atoms with van der Waals surface area (Å²) in [5.74, 6) is -1.21. The fraction of sp³-hybridized carbons (Fsp3) is 0.357. The molecule has 1 fully saturated rings. The molecule has 1 aliphatic heterocycles. The average molecular weight is 326 g/mol. The van der Waals surface area contributed by atoms with Crippen LogP contribution in [-0.2, 0) is 9.59 Å². The number of carboxylic acids is 1. The van der Waals surface area contributed by atoms with Crippen molar-refractivity contribution in [3.8, 4) is 0 Å². The van der Waals surface area contributed by atoms with E-state index in [1.165, 1.54) is 0 Å². The second-order valence-corrected chi connectivity index (χ2v) is 5.29. The highest BCUT2D eigenvalue weighted by Crippen LogP contribution is 2.24. The highest BCUT2D eigenvalue weighted by Gasteiger charge is 2.33. The van der Waals surface area contributed by atoms with Crippen LogP contribution in [0.25, 0.3) is 0 Å². The normalized spacial score (nSPS) is 17.4. The van der Waals surface area contributed by atoms with Gasteiger partial charge in [0.1, 0.15) is 6.04 Å². The number of aliphatic carboxylic acids is 1. The molecular formula is C14H16ClN3O4. The molecule has 1 aromatic rings. The third-order valence-electron chi connectivity index (χ3n) is 3.26. The van der Waals surface area contributed by atoms with Gasteiger partial charge in [0.2, 0.25) is 5.91 Å². The monoisotopic (exact) mass is 325 g/mol. The number of carbonyl (C=O) groups excluding carboxylic acids is 2. The zero-order chi connectivity index (χ0) is 16.1. The summed E-state index contributed by atoms with van der Waals surface area (Å²) < 4.78 is 0. The molecule has 1 saturated heterocycles. The molecule has 0 radical (unpaired) electrons. The van der Waals surface area contributed by atoms with E-state index in [4.69, 9.17) is 16.7 Å². The number of carboxylic acid groups (broad SMARTS) is 1. The smallest absolute Gasteiger partial charge is 0.315 e. The topological polar surface area (TPSA) is 98.7 Å². The van der Waals surface area contributed by atoms with Crippen LogP contribution in [-0.4, -0.2) is 42.1 Å². The van der Waals surface area contributed by atoms with Crippen LogP contribution in [0.5, 0.6) is 0 Å². The highest BCUT2D eigenvalue weighted by atomic mass is 35.5. The third kappa shape index (κ3) is 4.11. The Labute approximate surface area is 132 Å². The highest BCUT2D eigenvalue weighted by molar-refractivity contribution is 6.31. The van der Waals surface area contributed by atoms with Gasteiger partial charge in [-0.2, -0.15) is 0 Å². The third-order valence-corrected chi connectivity index (χ3v) is 3.49. The van der Waals surface area contributed by atoms with Crippen LogP contribution in [0.15, 0.2) is 24.3 Å². The molecule has 0 aromatic heterocycles. The van der Waals surface area contributed by atoms with E-state index < -0.39 is 18.0 Å². The lowest BCUT2D eigenvalue weighted by Crippen LogP contribution is -2.46. The van der Waals surface area contributed by atoms with Crippen molar-refractivity contribution >= 4 is 35.2 Å². The van der Waals surface area contributed by atoms with Crippen LogP contribution in [0, 0.1) is 0 Å².